The summed E-state index contributed by atoms with van der Waals surface area (Å²) < 4.78 is 1.72. The second-order valence-corrected chi connectivity index (χ2v) is 6.00. The number of nitrogens with one attached hydrogen (secondary N) is 2. The Bertz CT molecular complexity index is 788. The molecule has 1 atom stereocenters. The van der Waals surface area contributed by atoms with Crippen LogP contribution in [0.15, 0.2) is 12.4 Å². The Morgan fingerprint density at radius 1 is 1.30 bits per heavy atom. The Hall–Kier alpha value is -2.51. The largest absolute Gasteiger partial charge is 0.359 e. The van der Waals surface area contributed by atoms with Gasteiger partial charge in [-0.2, -0.15) is 19.7 Å². The first-order chi connectivity index (χ1) is 11.1. The Kier molecular flexibility index (Phi) is 4.22. The molecule has 0 fully saturated rings. The predicted octanol–water partition coefficient (Wildman–Crippen LogP) is 2.31. The van der Waals surface area contributed by atoms with Gasteiger partial charge in [0.25, 0.3) is 5.78 Å². The highest BCUT2D eigenvalue weighted by molar-refractivity contribution is 5.46. The molecule has 8 heteroatoms. The van der Waals surface area contributed by atoms with Crippen molar-refractivity contribution < 1.29 is 0 Å². The first-order valence-corrected chi connectivity index (χ1v) is 7.93. The second-order valence-electron chi connectivity index (χ2n) is 6.00. The molecule has 0 aliphatic heterocycles. The molecule has 3 aromatic heterocycles. The maximum absolute atomic E-state index is 4.53. The van der Waals surface area contributed by atoms with Crippen molar-refractivity contribution in [2.45, 2.75) is 46.6 Å². The van der Waals surface area contributed by atoms with E-state index in [9.17, 15) is 0 Å². The Balaban J connectivity index is 1.99. The van der Waals surface area contributed by atoms with Crippen molar-refractivity contribution >= 4 is 11.6 Å². The third-order valence-electron chi connectivity index (χ3n) is 3.67. The summed E-state index contributed by atoms with van der Waals surface area (Å²) in [5, 5.41) is 15.0. The minimum absolute atomic E-state index is 0.0239. The van der Waals surface area contributed by atoms with E-state index in [1.54, 1.807) is 4.52 Å². The van der Waals surface area contributed by atoms with Crippen LogP contribution in [-0.4, -0.2) is 34.8 Å². The Morgan fingerprint density at radius 2 is 2.13 bits per heavy atom. The molecule has 122 valence electrons. The predicted molar refractivity (Wildman–Crippen MR) is 87.1 cm³/mol. The number of rotatable bonds is 6. The van der Waals surface area contributed by atoms with Crippen LogP contribution in [0.3, 0.4) is 0 Å². The van der Waals surface area contributed by atoms with E-state index in [0.29, 0.717) is 11.7 Å². The number of hydrogen-bond acceptors (Lipinski definition) is 6. The fraction of sp³-hybridized carbons (Fsp3) is 0.533. The van der Waals surface area contributed by atoms with Gasteiger partial charge in [-0.25, -0.2) is 9.97 Å². The number of hydrogen-bond donors (Lipinski definition) is 2. The number of nitrogens with zero attached hydrogens (tertiary/aromatic N) is 6. The first-order valence-electron chi connectivity index (χ1n) is 7.93. The summed E-state index contributed by atoms with van der Waals surface area (Å²) in [5.74, 6) is 3.33. The molecule has 3 rings (SSSR count). The quantitative estimate of drug-likeness (QED) is 0.724. The monoisotopic (exact) mass is 314 g/mol. The molecule has 0 saturated carbocycles. The van der Waals surface area contributed by atoms with Gasteiger partial charge in [0.2, 0.25) is 0 Å². The highest BCUT2D eigenvalue weighted by Gasteiger charge is 2.21. The van der Waals surface area contributed by atoms with Crippen molar-refractivity contribution in [3.63, 3.8) is 0 Å². The van der Waals surface area contributed by atoms with Gasteiger partial charge in [0.05, 0.1) is 6.04 Å². The van der Waals surface area contributed by atoms with Crippen LogP contribution in [0.4, 0.5) is 5.82 Å². The van der Waals surface area contributed by atoms with E-state index >= 15 is 0 Å². The van der Waals surface area contributed by atoms with E-state index in [0.717, 1.165) is 36.0 Å². The Labute approximate surface area is 134 Å². The topological polar surface area (TPSA) is 96.7 Å². The molecule has 0 aliphatic carbocycles. The smallest absolute Gasteiger partial charge is 0.254 e. The molecule has 0 aromatic carbocycles. The maximum Gasteiger partial charge on any atom is 0.254 e. The first kappa shape index (κ1) is 15.4. The van der Waals surface area contributed by atoms with Gasteiger partial charge in [-0.3, -0.25) is 5.10 Å². The van der Waals surface area contributed by atoms with E-state index in [1.165, 1.54) is 6.33 Å². The lowest BCUT2D eigenvalue weighted by molar-refractivity contribution is 0.519. The number of anilines is 1. The summed E-state index contributed by atoms with van der Waals surface area (Å²) >= 11 is 0. The molecule has 0 spiro atoms. The number of aromatic nitrogens is 7. The maximum atomic E-state index is 4.53. The molecule has 3 heterocycles. The molecule has 8 nitrogen and oxygen atoms in total. The fourth-order valence-electron chi connectivity index (χ4n) is 2.54. The highest BCUT2D eigenvalue weighted by Crippen LogP contribution is 2.24. The van der Waals surface area contributed by atoms with Crippen molar-refractivity contribution in [3.8, 4) is 0 Å². The van der Waals surface area contributed by atoms with E-state index in [4.69, 9.17) is 0 Å². The molecular formula is C15H22N8. The van der Waals surface area contributed by atoms with Gasteiger partial charge in [-0.05, 0) is 19.3 Å². The summed E-state index contributed by atoms with van der Waals surface area (Å²) in [4.78, 5) is 13.2. The zero-order valence-electron chi connectivity index (χ0n) is 13.9. The molecule has 0 amide bonds. The summed E-state index contributed by atoms with van der Waals surface area (Å²) in [6.07, 6.45) is 3.46. The summed E-state index contributed by atoms with van der Waals surface area (Å²) in [6.45, 7) is 8.30. The average molecular weight is 314 g/mol. The van der Waals surface area contributed by atoms with Crippen LogP contribution >= 0.6 is 0 Å². The van der Waals surface area contributed by atoms with Crippen LogP contribution in [0.2, 0.25) is 0 Å². The minimum Gasteiger partial charge on any atom is -0.359 e. The van der Waals surface area contributed by atoms with Gasteiger partial charge < -0.3 is 5.32 Å². The molecule has 0 radical (unpaired) electrons. The van der Waals surface area contributed by atoms with Crippen molar-refractivity contribution in [3.05, 3.63) is 29.7 Å². The van der Waals surface area contributed by atoms with Gasteiger partial charge in [0, 0.05) is 11.8 Å². The van der Waals surface area contributed by atoms with Gasteiger partial charge in [0.15, 0.2) is 5.82 Å². The van der Waals surface area contributed by atoms with Gasteiger partial charge in [-0.15, -0.1) is 0 Å². The number of H-pyrrole nitrogens is 1. The minimum atomic E-state index is -0.0239. The van der Waals surface area contributed by atoms with E-state index in [2.05, 4.69) is 56.3 Å². The summed E-state index contributed by atoms with van der Waals surface area (Å²) in [5.41, 5.74) is 1.00. The second kappa shape index (κ2) is 6.31. The third kappa shape index (κ3) is 3.15. The number of aryl methyl sites for hydroxylation is 2. The van der Waals surface area contributed by atoms with Crippen LogP contribution < -0.4 is 5.32 Å². The van der Waals surface area contributed by atoms with Gasteiger partial charge >= 0.3 is 0 Å². The normalized spacial score (nSPS) is 12.9. The van der Waals surface area contributed by atoms with E-state index < -0.39 is 0 Å². The van der Waals surface area contributed by atoms with Gasteiger partial charge in [-0.1, -0.05) is 27.2 Å². The van der Waals surface area contributed by atoms with Gasteiger partial charge in [0.1, 0.15) is 18.0 Å². The van der Waals surface area contributed by atoms with E-state index in [-0.39, 0.29) is 6.04 Å². The molecule has 23 heavy (non-hydrogen) atoms. The molecule has 0 saturated heterocycles. The average Bonchev–Trinajstić information content (AvgIpc) is 3.13. The fourth-order valence-corrected chi connectivity index (χ4v) is 2.54. The number of fused-ring (bicyclic) bond motifs is 1. The summed E-state index contributed by atoms with van der Waals surface area (Å²) in [7, 11) is 0. The molecule has 0 unspecified atom stereocenters. The third-order valence-corrected chi connectivity index (χ3v) is 3.67. The SMILES string of the molecule is CCCc1cc(N[C@@H](c2n[nH]c(C)n2)C(C)C)n2ncnc2n1. The van der Waals surface area contributed by atoms with E-state index in [1.807, 2.05) is 13.0 Å². The van der Waals surface area contributed by atoms with Crippen molar-refractivity contribution in [2.75, 3.05) is 5.32 Å². The Morgan fingerprint density at radius 3 is 2.78 bits per heavy atom. The number of aromatic amines is 1. The lowest BCUT2D eigenvalue weighted by Gasteiger charge is -2.21. The van der Waals surface area contributed by atoms with Crippen LogP contribution in [0, 0.1) is 12.8 Å². The van der Waals surface area contributed by atoms with Crippen LogP contribution in [0.25, 0.3) is 5.78 Å². The molecule has 2 N–H and O–H groups in total. The van der Waals surface area contributed by atoms with Crippen LogP contribution in [0.5, 0.6) is 0 Å². The zero-order chi connectivity index (χ0) is 16.4. The van der Waals surface area contributed by atoms with Crippen molar-refractivity contribution in [1.29, 1.82) is 0 Å². The van der Waals surface area contributed by atoms with Crippen LogP contribution in [-0.2, 0) is 6.42 Å². The van der Waals surface area contributed by atoms with Crippen molar-refractivity contribution in [2.24, 2.45) is 5.92 Å². The van der Waals surface area contributed by atoms with Crippen LogP contribution in [0.1, 0.15) is 50.6 Å². The zero-order valence-corrected chi connectivity index (χ0v) is 13.9. The molecular weight excluding hydrogens is 292 g/mol. The van der Waals surface area contributed by atoms with Crippen molar-refractivity contribution in [1.82, 2.24) is 34.8 Å². The molecule has 0 bridgehead atoms. The lowest BCUT2D eigenvalue weighted by Crippen LogP contribution is -2.20. The molecule has 3 aromatic rings. The standard InChI is InChI=1S/C15H22N8/c1-5-6-11-7-12(23-15(19-11)16-8-17-23)20-13(9(2)3)14-18-10(4)21-22-14/h7-9,13,20H,5-6H2,1-4H3,(H,18,21,22)/t13-/m1/s1. The molecule has 0 aliphatic rings. The highest BCUT2D eigenvalue weighted by atomic mass is 15.4. The lowest BCUT2D eigenvalue weighted by atomic mass is 10.0. The summed E-state index contributed by atoms with van der Waals surface area (Å²) in [6, 6.07) is 2.00.